The van der Waals surface area contributed by atoms with Gasteiger partial charge in [0.15, 0.2) is 5.78 Å². The van der Waals surface area contributed by atoms with Gasteiger partial charge in [0, 0.05) is 6.07 Å². The van der Waals surface area contributed by atoms with E-state index in [1.165, 1.54) is 18.2 Å². The van der Waals surface area contributed by atoms with Gasteiger partial charge in [-0.1, -0.05) is 6.07 Å². The van der Waals surface area contributed by atoms with Crippen molar-refractivity contribution in [3.05, 3.63) is 39.4 Å². The lowest BCUT2D eigenvalue weighted by atomic mass is 9.90. The predicted molar refractivity (Wildman–Crippen MR) is 67.0 cm³/mol. The van der Waals surface area contributed by atoms with Crippen LogP contribution in [0.2, 0.25) is 0 Å². The molecule has 0 spiro atoms. The monoisotopic (exact) mass is 263 g/mol. The smallest absolute Gasteiger partial charge is 0.280 e. The van der Waals surface area contributed by atoms with Crippen molar-refractivity contribution in [2.45, 2.75) is 20.8 Å². The molecule has 0 heterocycles. The van der Waals surface area contributed by atoms with Crippen molar-refractivity contribution < 1.29 is 19.3 Å². The molecule has 0 atom stereocenters. The largest absolute Gasteiger partial charge is 0.299 e. The van der Waals surface area contributed by atoms with Crippen molar-refractivity contribution in [3.63, 3.8) is 0 Å². The van der Waals surface area contributed by atoms with Crippen LogP contribution in [-0.4, -0.2) is 22.3 Å². The first-order valence-corrected chi connectivity index (χ1v) is 5.56. The Bertz CT molecular complexity index is 562. The van der Waals surface area contributed by atoms with Crippen LogP contribution in [0.25, 0.3) is 0 Å². The summed E-state index contributed by atoms with van der Waals surface area (Å²) in [6, 6.07) is 4.00. The van der Waals surface area contributed by atoms with Gasteiger partial charge in [0.1, 0.15) is 17.5 Å². The zero-order valence-electron chi connectivity index (χ0n) is 10.8. The Kier molecular flexibility index (Phi) is 4.26. The molecule has 1 aromatic rings. The number of nitro benzene ring substituents is 1. The fourth-order valence-corrected chi connectivity index (χ4v) is 1.82. The van der Waals surface area contributed by atoms with Crippen molar-refractivity contribution in [1.29, 1.82) is 0 Å². The third-order valence-electron chi connectivity index (χ3n) is 2.69. The van der Waals surface area contributed by atoms with Gasteiger partial charge in [0.25, 0.3) is 5.69 Å². The van der Waals surface area contributed by atoms with Crippen molar-refractivity contribution in [1.82, 2.24) is 0 Å². The summed E-state index contributed by atoms with van der Waals surface area (Å²) in [5.41, 5.74) is 0.0308. The Morgan fingerprint density at radius 2 is 1.68 bits per heavy atom. The molecule has 0 aliphatic carbocycles. The molecule has 0 saturated heterocycles. The van der Waals surface area contributed by atoms with E-state index in [1.54, 1.807) is 6.92 Å². The van der Waals surface area contributed by atoms with E-state index >= 15 is 0 Å². The van der Waals surface area contributed by atoms with E-state index in [2.05, 4.69) is 0 Å². The van der Waals surface area contributed by atoms with Crippen LogP contribution in [0, 0.1) is 23.0 Å². The summed E-state index contributed by atoms with van der Waals surface area (Å²) >= 11 is 0. The third kappa shape index (κ3) is 3.09. The molecular weight excluding hydrogens is 250 g/mol. The normalized spacial score (nSPS) is 10.3. The Morgan fingerprint density at radius 3 is 2.11 bits per heavy atom. The predicted octanol–water partition coefficient (Wildman–Crippen LogP) is 1.88. The molecule has 0 bridgehead atoms. The number of aryl methyl sites for hydroxylation is 1. The summed E-state index contributed by atoms with van der Waals surface area (Å²) in [5, 5.41) is 10.9. The first-order valence-electron chi connectivity index (χ1n) is 5.56. The maximum atomic E-state index is 12.2. The van der Waals surface area contributed by atoms with E-state index in [-0.39, 0.29) is 5.56 Å². The van der Waals surface area contributed by atoms with Gasteiger partial charge in [-0.05, 0) is 32.4 Å². The Balaban J connectivity index is 3.39. The van der Waals surface area contributed by atoms with E-state index in [1.807, 2.05) is 0 Å². The van der Waals surface area contributed by atoms with Crippen molar-refractivity contribution in [3.8, 4) is 0 Å². The molecule has 1 aromatic carbocycles. The highest BCUT2D eigenvalue weighted by atomic mass is 16.6. The number of carbonyl (C=O) groups is 3. The quantitative estimate of drug-likeness (QED) is 0.350. The molecule has 0 amide bonds. The summed E-state index contributed by atoms with van der Waals surface area (Å²) in [7, 11) is 0. The van der Waals surface area contributed by atoms with Gasteiger partial charge in [-0.3, -0.25) is 24.5 Å². The van der Waals surface area contributed by atoms with Gasteiger partial charge in [0.05, 0.1) is 10.5 Å². The summed E-state index contributed by atoms with van der Waals surface area (Å²) in [5.74, 6) is -3.53. The van der Waals surface area contributed by atoms with E-state index in [4.69, 9.17) is 0 Å². The molecular formula is C13H13NO5. The number of rotatable bonds is 5. The van der Waals surface area contributed by atoms with E-state index in [0.717, 1.165) is 13.8 Å². The maximum Gasteiger partial charge on any atom is 0.280 e. The van der Waals surface area contributed by atoms with Crippen LogP contribution in [0.1, 0.15) is 29.8 Å². The number of carbonyl (C=O) groups excluding carboxylic acids is 3. The summed E-state index contributed by atoms with van der Waals surface area (Å²) in [6.45, 7) is 3.90. The number of hydrogen-bond acceptors (Lipinski definition) is 5. The molecule has 0 saturated carbocycles. The number of ketones is 3. The van der Waals surface area contributed by atoms with Gasteiger partial charge >= 0.3 is 0 Å². The lowest BCUT2D eigenvalue weighted by Crippen LogP contribution is -2.29. The number of Topliss-reactive ketones (excluding diaryl/α,β-unsaturated/α-hetero) is 3. The molecule has 6 nitrogen and oxygen atoms in total. The second kappa shape index (κ2) is 5.51. The van der Waals surface area contributed by atoms with Crippen LogP contribution in [0.4, 0.5) is 5.69 Å². The van der Waals surface area contributed by atoms with Gasteiger partial charge < -0.3 is 0 Å². The van der Waals surface area contributed by atoms with E-state index < -0.39 is 33.9 Å². The van der Waals surface area contributed by atoms with Crippen LogP contribution < -0.4 is 0 Å². The second-order valence-corrected chi connectivity index (χ2v) is 4.30. The van der Waals surface area contributed by atoms with Crippen LogP contribution in [0.15, 0.2) is 18.2 Å². The minimum Gasteiger partial charge on any atom is -0.299 e. The van der Waals surface area contributed by atoms with Crippen LogP contribution in [0.3, 0.4) is 0 Å². The first-order chi connectivity index (χ1) is 8.75. The molecule has 0 radical (unpaired) electrons. The number of nitro groups is 1. The van der Waals surface area contributed by atoms with Gasteiger partial charge in [0.2, 0.25) is 0 Å². The van der Waals surface area contributed by atoms with E-state index in [9.17, 15) is 24.5 Å². The maximum absolute atomic E-state index is 12.2. The van der Waals surface area contributed by atoms with Crippen molar-refractivity contribution >= 4 is 23.0 Å². The lowest BCUT2D eigenvalue weighted by Gasteiger charge is -2.10. The third-order valence-corrected chi connectivity index (χ3v) is 2.69. The van der Waals surface area contributed by atoms with Gasteiger partial charge in [-0.25, -0.2) is 0 Å². The highest BCUT2D eigenvalue weighted by molar-refractivity contribution is 6.24. The zero-order chi connectivity index (χ0) is 14.7. The molecule has 0 fully saturated rings. The summed E-state index contributed by atoms with van der Waals surface area (Å²) < 4.78 is 0. The van der Waals surface area contributed by atoms with Gasteiger partial charge in [-0.15, -0.1) is 0 Å². The minimum atomic E-state index is -1.47. The highest BCUT2D eigenvalue weighted by Crippen LogP contribution is 2.23. The van der Waals surface area contributed by atoms with Crippen LogP contribution >= 0.6 is 0 Å². The number of hydrogen-bond donors (Lipinski definition) is 0. The molecule has 0 aromatic heterocycles. The highest BCUT2D eigenvalue weighted by Gasteiger charge is 2.33. The molecule has 19 heavy (non-hydrogen) atoms. The lowest BCUT2D eigenvalue weighted by molar-refractivity contribution is -0.385. The average molecular weight is 263 g/mol. The fourth-order valence-electron chi connectivity index (χ4n) is 1.82. The Labute approximate surface area is 109 Å². The topological polar surface area (TPSA) is 94.3 Å². The standard InChI is InChI=1S/C13H13NO5/c1-7-4-5-11(14(18)19)10(6-7)13(17)12(8(2)15)9(3)16/h4-6,12H,1-3H3. The molecule has 0 aliphatic rings. The summed E-state index contributed by atoms with van der Waals surface area (Å²) in [4.78, 5) is 45.0. The molecule has 6 heteroatoms. The van der Waals surface area contributed by atoms with Crippen molar-refractivity contribution in [2.75, 3.05) is 0 Å². The Morgan fingerprint density at radius 1 is 1.16 bits per heavy atom. The van der Waals surface area contributed by atoms with Crippen molar-refractivity contribution in [2.24, 2.45) is 5.92 Å². The fraction of sp³-hybridized carbons (Fsp3) is 0.308. The van der Waals surface area contributed by atoms with Crippen LogP contribution in [0.5, 0.6) is 0 Å². The minimum absolute atomic E-state index is 0.208. The van der Waals surface area contributed by atoms with Gasteiger partial charge in [-0.2, -0.15) is 0 Å². The van der Waals surface area contributed by atoms with Crippen LogP contribution in [-0.2, 0) is 9.59 Å². The van der Waals surface area contributed by atoms with E-state index in [0.29, 0.717) is 5.56 Å². The molecule has 0 aliphatic heterocycles. The first kappa shape index (κ1) is 14.7. The average Bonchev–Trinajstić information content (AvgIpc) is 2.27. The molecule has 1 rings (SSSR count). The summed E-state index contributed by atoms with van der Waals surface area (Å²) in [6.07, 6.45) is 0. The zero-order valence-corrected chi connectivity index (χ0v) is 10.8. The number of benzene rings is 1. The SMILES string of the molecule is CC(=O)C(C(C)=O)C(=O)c1cc(C)ccc1[N+](=O)[O-]. The molecule has 0 N–H and O–H groups in total. The second-order valence-electron chi connectivity index (χ2n) is 4.30. The molecule has 100 valence electrons. The Hall–Kier alpha value is -2.37. The molecule has 0 unspecified atom stereocenters. The number of nitrogens with zero attached hydrogens (tertiary/aromatic N) is 1.